The Bertz CT molecular complexity index is 680. The number of guanidine groups is 1. The van der Waals surface area contributed by atoms with E-state index < -0.39 is 0 Å². The number of hydrogen-bond acceptors (Lipinski definition) is 4. The predicted octanol–water partition coefficient (Wildman–Crippen LogP) is 3.70. The first kappa shape index (κ1) is 24.4. The molecule has 2 heterocycles. The fraction of sp³-hybridized carbons (Fsp3) is 0.714. The van der Waals surface area contributed by atoms with E-state index in [0.717, 1.165) is 79.9 Å². The van der Waals surface area contributed by atoms with Crippen LogP contribution in [0.4, 0.5) is 0 Å². The molecule has 0 aromatic carbocycles. The van der Waals surface area contributed by atoms with E-state index in [9.17, 15) is 4.79 Å². The van der Waals surface area contributed by atoms with Crippen LogP contribution in [0.2, 0.25) is 0 Å². The van der Waals surface area contributed by atoms with Crippen molar-refractivity contribution < 1.29 is 9.21 Å². The standard InChI is InChI=1S/C21H34N4O2S.HI/c1-4-22-21(23-14-18-13-15(2)27-16(18)3)24-19-7-5-17(6-8-19)20(26)25-9-11-28-12-10-25;/h13,17,19H,4-12,14H2,1-3H3,(H2,22,23,24);1H. The molecule has 1 aromatic heterocycles. The summed E-state index contributed by atoms with van der Waals surface area (Å²) in [6, 6.07) is 2.43. The molecule has 0 atom stereocenters. The van der Waals surface area contributed by atoms with Crippen LogP contribution in [-0.2, 0) is 11.3 Å². The van der Waals surface area contributed by atoms with Crippen molar-refractivity contribution in [1.82, 2.24) is 15.5 Å². The summed E-state index contributed by atoms with van der Waals surface area (Å²) in [5.74, 6) is 5.47. The zero-order chi connectivity index (χ0) is 19.9. The minimum atomic E-state index is 0. The van der Waals surface area contributed by atoms with Crippen molar-refractivity contribution >= 4 is 47.6 Å². The summed E-state index contributed by atoms with van der Waals surface area (Å²) in [5, 5.41) is 6.92. The summed E-state index contributed by atoms with van der Waals surface area (Å²) in [6.45, 7) is 9.31. The molecule has 1 aromatic rings. The Balaban J connectivity index is 0.00000300. The van der Waals surface area contributed by atoms with Crippen molar-refractivity contribution in [3.05, 3.63) is 23.2 Å². The minimum Gasteiger partial charge on any atom is -0.466 e. The Kier molecular flexibility index (Phi) is 10.1. The maximum absolute atomic E-state index is 12.7. The highest BCUT2D eigenvalue weighted by Gasteiger charge is 2.30. The van der Waals surface area contributed by atoms with Gasteiger partial charge in [0.2, 0.25) is 5.91 Å². The highest BCUT2D eigenvalue weighted by molar-refractivity contribution is 14.0. The van der Waals surface area contributed by atoms with Gasteiger partial charge in [0.15, 0.2) is 5.96 Å². The highest BCUT2D eigenvalue weighted by Crippen LogP contribution is 2.27. The van der Waals surface area contributed by atoms with E-state index in [1.807, 2.05) is 25.6 Å². The quantitative estimate of drug-likeness (QED) is 0.343. The Morgan fingerprint density at radius 1 is 1.24 bits per heavy atom. The smallest absolute Gasteiger partial charge is 0.225 e. The number of nitrogens with zero attached hydrogens (tertiary/aromatic N) is 2. The third kappa shape index (κ3) is 7.08. The number of furan rings is 1. The van der Waals surface area contributed by atoms with Gasteiger partial charge in [0.25, 0.3) is 0 Å². The second kappa shape index (κ2) is 12.1. The fourth-order valence-corrected chi connectivity index (χ4v) is 4.95. The first-order chi connectivity index (χ1) is 13.6. The molecule has 3 rings (SSSR count). The van der Waals surface area contributed by atoms with Crippen LogP contribution in [0.3, 0.4) is 0 Å². The molecule has 1 amide bonds. The predicted molar refractivity (Wildman–Crippen MR) is 131 cm³/mol. The minimum absolute atomic E-state index is 0. The van der Waals surface area contributed by atoms with Crippen molar-refractivity contribution in [3.8, 4) is 0 Å². The van der Waals surface area contributed by atoms with Crippen molar-refractivity contribution in [2.24, 2.45) is 10.9 Å². The van der Waals surface area contributed by atoms with E-state index in [0.29, 0.717) is 18.5 Å². The lowest BCUT2D eigenvalue weighted by molar-refractivity contribution is -0.136. The zero-order valence-electron chi connectivity index (χ0n) is 17.8. The maximum Gasteiger partial charge on any atom is 0.225 e. The summed E-state index contributed by atoms with van der Waals surface area (Å²) >= 11 is 1.95. The van der Waals surface area contributed by atoms with Gasteiger partial charge in [-0.25, -0.2) is 4.99 Å². The number of carbonyl (C=O) groups excluding carboxylic acids is 1. The second-order valence-corrected chi connectivity index (χ2v) is 8.99. The first-order valence-corrected chi connectivity index (χ1v) is 11.7. The summed E-state index contributed by atoms with van der Waals surface area (Å²) in [4.78, 5) is 19.5. The lowest BCUT2D eigenvalue weighted by atomic mass is 9.85. The number of hydrogen-bond donors (Lipinski definition) is 2. The van der Waals surface area contributed by atoms with Gasteiger partial charge in [-0.05, 0) is 52.5 Å². The number of thioether (sulfide) groups is 1. The van der Waals surface area contributed by atoms with Crippen molar-refractivity contribution in [2.45, 2.75) is 59.0 Å². The number of amides is 1. The Hall–Kier alpha value is -0.900. The van der Waals surface area contributed by atoms with E-state index in [1.165, 1.54) is 0 Å². The number of aliphatic imine (C=N–C) groups is 1. The van der Waals surface area contributed by atoms with Gasteiger partial charge in [-0.3, -0.25) is 4.79 Å². The van der Waals surface area contributed by atoms with Crippen LogP contribution >= 0.6 is 35.7 Å². The molecule has 2 fully saturated rings. The van der Waals surface area contributed by atoms with E-state index in [1.54, 1.807) is 0 Å². The zero-order valence-corrected chi connectivity index (χ0v) is 21.0. The molecular formula is C21H35IN4O2S. The van der Waals surface area contributed by atoms with Crippen molar-refractivity contribution in [3.63, 3.8) is 0 Å². The monoisotopic (exact) mass is 534 g/mol. The molecule has 6 nitrogen and oxygen atoms in total. The Morgan fingerprint density at radius 3 is 2.52 bits per heavy atom. The number of nitrogens with one attached hydrogen (secondary N) is 2. The maximum atomic E-state index is 12.7. The molecule has 0 spiro atoms. The van der Waals surface area contributed by atoms with Crippen molar-refractivity contribution in [1.29, 1.82) is 0 Å². The first-order valence-electron chi connectivity index (χ1n) is 10.5. The second-order valence-electron chi connectivity index (χ2n) is 7.76. The molecule has 0 radical (unpaired) electrons. The molecule has 0 bridgehead atoms. The molecular weight excluding hydrogens is 499 g/mol. The summed E-state index contributed by atoms with van der Waals surface area (Å²) in [5.41, 5.74) is 1.13. The largest absolute Gasteiger partial charge is 0.466 e. The molecule has 1 saturated heterocycles. The molecule has 2 N–H and O–H groups in total. The van der Waals surface area contributed by atoms with Gasteiger partial charge in [-0.1, -0.05) is 0 Å². The van der Waals surface area contributed by atoms with Gasteiger partial charge in [0.05, 0.1) is 6.54 Å². The lowest BCUT2D eigenvalue weighted by Crippen LogP contribution is -2.47. The van der Waals surface area contributed by atoms with Crippen LogP contribution < -0.4 is 10.6 Å². The molecule has 29 heavy (non-hydrogen) atoms. The molecule has 0 unspecified atom stereocenters. The van der Waals surface area contributed by atoms with E-state index in [-0.39, 0.29) is 29.9 Å². The third-order valence-corrected chi connectivity index (χ3v) is 6.58. The molecule has 1 aliphatic carbocycles. The van der Waals surface area contributed by atoms with Gasteiger partial charge in [-0.15, -0.1) is 24.0 Å². The number of carbonyl (C=O) groups is 1. The third-order valence-electron chi connectivity index (χ3n) is 5.64. The van der Waals surface area contributed by atoms with Gasteiger partial charge < -0.3 is 20.0 Å². The van der Waals surface area contributed by atoms with Crippen LogP contribution in [0.1, 0.15) is 49.7 Å². The molecule has 164 valence electrons. The van der Waals surface area contributed by atoms with E-state index >= 15 is 0 Å². The topological polar surface area (TPSA) is 69.9 Å². The number of aryl methyl sites for hydroxylation is 2. The Labute approximate surface area is 196 Å². The van der Waals surface area contributed by atoms with E-state index in [4.69, 9.17) is 9.41 Å². The SMILES string of the molecule is CCNC(=NCc1cc(C)oc1C)NC1CCC(C(=O)N2CCSCC2)CC1.I. The van der Waals surface area contributed by atoms with Gasteiger partial charge >= 0.3 is 0 Å². The van der Waals surface area contributed by atoms with Crippen LogP contribution in [-0.4, -0.2) is 53.9 Å². The molecule has 1 aliphatic heterocycles. The van der Waals surface area contributed by atoms with Crippen LogP contribution in [0.25, 0.3) is 0 Å². The fourth-order valence-electron chi connectivity index (χ4n) is 4.04. The molecule has 1 saturated carbocycles. The summed E-state index contributed by atoms with van der Waals surface area (Å²) < 4.78 is 5.59. The molecule has 2 aliphatic rings. The normalized spacial score (nSPS) is 22.7. The van der Waals surface area contributed by atoms with Gasteiger partial charge in [-0.2, -0.15) is 11.8 Å². The van der Waals surface area contributed by atoms with Crippen LogP contribution in [0.5, 0.6) is 0 Å². The number of rotatable bonds is 5. The summed E-state index contributed by atoms with van der Waals surface area (Å²) in [6.07, 6.45) is 3.99. The highest BCUT2D eigenvalue weighted by atomic mass is 127. The van der Waals surface area contributed by atoms with Gasteiger partial charge in [0.1, 0.15) is 11.5 Å². The average Bonchev–Trinajstić information content (AvgIpc) is 3.04. The Morgan fingerprint density at radius 2 is 1.93 bits per heavy atom. The lowest BCUT2D eigenvalue weighted by Gasteiger charge is -2.34. The van der Waals surface area contributed by atoms with Crippen LogP contribution in [0.15, 0.2) is 15.5 Å². The molecule has 8 heteroatoms. The van der Waals surface area contributed by atoms with E-state index in [2.05, 4.69) is 28.5 Å². The van der Waals surface area contributed by atoms with Crippen molar-refractivity contribution in [2.75, 3.05) is 31.1 Å². The average molecular weight is 535 g/mol. The number of halogens is 1. The summed E-state index contributed by atoms with van der Waals surface area (Å²) in [7, 11) is 0. The van der Waals surface area contributed by atoms with Crippen LogP contribution in [0, 0.1) is 19.8 Å². The van der Waals surface area contributed by atoms with Gasteiger partial charge in [0, 0.05) is 48.7 Å².